The van der Waals surface area contributed by atoms with Crippen LogP contribution in [0.4, 0.5) is 0 Å². The Balaban J connectivity index is 1.94. The maximum Gasteiger partial charge on any atom is 0.270 e. The van der Waals surface area contributed by atoms with Gasteiger partial charge in [0.05, 0.1) is 0 Å². The van der Waals surface area contributed by atoms with E-state index in [9.17, 15) is 4.79 Å². The Morgan fingerprint density at radius 2 is 2.44 bits per heavy atom. The molecule has 1 aliphatic rings. The number of nitrogens with one attached hydrogen (secondary N) is 1. The molecule has 1 atom stereocenters. The van der Waals surface area contributed by atoms with E-state index in [-0.39, 0.29) is 11.9 Å². The fourth-order valence-electron chi connectivity index (χ4n) is 2.22. The van der Waals surface area contributed by atoms with Gasteiger partial charge in [-0.2, -0.15) is 0 Å². The number of nitrogens with zero attached hydrogens (tertiary/aromatic N) is 2. The van der Waals surface area contributed by atoms with Gasteiger partial charge < -0.3 is 16.0 Å². The molecular weight excluding hydrogens is 228 g/mol. The lowest BCUT2D eigenvalue weighted by Gasteiger charge is -2.30. The second-order valence-corrected chi connectivity index (χ2v) is 4.83. The van der Waals surface area contributed by atoms with Gasteiger partial charge in [-0.05, 0) is 38.1 Å². The van der Waals surface area contributed by atoms with E-state index in [1.165, 1.54) is 0 Å². The van der Waals surface area contributed by atoms with Gasteiger partial charge in [-0.15, -0.1) is 0 Å². The standard InChI is InChI=1S/C13H20N4O/c1-17-6-2-3-11(9-17)16-13(18)12-5-4-10(7-14)8-15-12/h4-5,8,11H,2-3,6-7,9,14H2,1H3,(H,16,18). The number of hydrogen-bond acceptors (Lipinski definition) is 4. The van der Waals surface area contributed by atoms with E-state index < -0.39 is 0 Å². The molecular formula is C13H20N4O. The van der Waals surface area contributed by atoms with E-state index in [0.717, 1.165) is 31.5 Å². The van der Waals surface area contributed by atoms with Gasteiger partial charge in [-0.3, -0.25) is 9.78 Å². The molecule has 3 N–H and O–H groups in total. The summed E-state index contributed by atoms with van der Waals surface area (Å²) in [4.78, 5) is 18.4. The number of pyridine rings is 1. The molecule has 18 heavy (non-hydrogen) atoms. The minimum Gasteiger partial charge on any atom is -0.347 e. The van der Waals surface area contributed by atoms with Crippen molar-refractivity contribution >= 4 is 5.91 Å². The van der Waals surface area contributed by atoms with Crippen molar-refractivity contribution in [3.05, 3.63) is 29.6 Å². The van der Waals surface area contributed by atoms with E-state index in [1.807, 2.05) is 6.07 Å². The van der Waals surface area contributed by atoms with E-state index >= 15 is 0 Å². The van der Waals surface area contributed by atoms with Crippen molar-refractivity contribution in [3.63, 3.8) is 0 Å². The van der Waals surface area contributed by atoms with Gasteiger partial charge >= 0.3 is 0 Å². The topological polar surface area (TPSA) is 71.2 Å². The monoisotopic (exact) mass is 248 g/mol. The third-order valence-corrected chi connectivity index (χ3v) is 3.25. The number of likely N-dealkylation sites (N-methyl/N-ethyl adjacent to an activating group) is 1. The number of carbonyl (C=O) groups excluding carboxylic acids is 1. The predicted octanol–water partition coefficient (Wildman–Crippen LogP) is 0.364. The van der Waals surface area contributed by atoms with E-state index in [1.54, 1.807) is 12.3 Å². The molecule has 0 radical (unpaired) electrons. The SMILES string of the molecule is CN1CCCC(NC(=O)c2ccc(CN)cn2)C1. The van der Waals surface area contributed by atoms with E-state index in [0.29, 0.717) is 12.2 Å². The maximum absolute atomic E-state index is 12.0. The molecule has 1 aliphatic heterocycles. The molecule has 0 aromatic carbocycles. The highest BCUT2D eigenvalue weighted by Gasteiger charge is 2.19. The lowest BCUT2D eigenvalue weighted by atomic mass is 10.1. The Morgan fingerprint density at radius 3 is 3.06 bits per heavy atom. The summed E-state index contributed by atoms with van der Waals surface area (Å²) in [5, 5.41) is 3.03. The van der Waals surface area contributed by atoms with Crippen molar-refractivity contribution in [1.82, 2.24) is 15.2 Å². The van der Waals surface area contributed by atoms with Crippen molar-refractivity contribution in [3.8, 4) is 0 Å². The van der Waals surface area contributed by atoms with Gasteiger partial charge in [0.2, 0.25) is 0 Å². The highest BCUT2D eigenvalue weighted by Crippen LogP contribution is 2.08. The van der Waals surface area contributed by atoms with Crippen LogP contribution in [0, 0.1) is 0 Å². The zero-order chi connectivity index (χ0) is 13.0. The largest absolute Gasteiger partial charge is 0.347 e. The first kappa shape index (κ1) is 13.0. The van der Waals surface area contributed by atoms with Crippen LogP contribution in [0.1, 0.15) is 28.9 Å². The first-order valence-electron chi connectivity index (χ1n) is 6.33. The molecule has 2 rings (SSSR count). The van der Waals surface area contributed by atoms with Crippen molar-refractivity contribution in [2.45, 2.75) is 25.4 Å². The molecule has 1 amide bonds. The number of nitrogens with two attached hydrogens (primary N) is 1. The van der Waals surface area contributed by atoms with Gasteiger partial charge in [-0.25, -0.2) is 0 Å². The molecule has 0 aliphatic carbocycles. The molecule has 98 valence electrons. The van der Waals surface area contributed by atoms with Gasteiger partial charge in [0.15, 0.2) is 0 Å². The summed E-state index contributed by atoms with van der Waals surface area (Å²) in [6.45, 7) is 2.46. The Labute approximate surface area is 107 Å². The number of amides is 1. The number of piperidine rings is 1. The average Bonchev–Trinajstić information content (AvgIpc) is 2.39. The number of likely N-dealkylation sites (tertiary alicyclic amines) is 1. The van der Waals surface area contributed by atoms with Crippen molar-refractivity contribution in [1.29, 1.82) is 0 Å². The van der Waals surface area contributed by atoms with Crippen LogP contribution in [-0.4, -0.2) is 42.0 Å². The fourth-order valence-corrected chi connectivity index (χ4v) is 2.22. The summed E-state index contributed by atoms with van der Waals surface area (Å²) in [6.07, 6.45) is 3.82. The van der Waals surface area contributed by atoms with Gasteiger partial charge in [0.1, 0.15) is 5.69 Å². The average molecular weight is 248 g/mol. The first-order chi connectivity index (χ1) is 8.69. The zero-order valence-electron chi connectivity index (χ0n) is 10.7. The second-order valence-electron chi connectivity index (χ2n) is 4.83. The lowest BCUT2D eigenvalue weighted by Crippen LogP contribution is -2.46. The van der Waals surface area contributed by atoms with E-state index in [4.69, 9.17) is 5.73 Å². The van der Waals surface area contributed by atoms with Crippen LogP contribution >= 0.6 is 0 Å². The van der Waals surface area contributed by atoms with Crippen LogP contribution < -0.4 is 11.1 Å². The zero-order valence-corrected chi connectivity index (χ0v) is 10.7. The minimum absolute atomic E-state index is 0.0983. The van der Waals surface area contributed by atoms with Crippen LogP contribution in [0.15, 0.2) is 18.3 Å². The first-order valence-corrected chi connectivity index (χ1v) is 6.33. The molecule has 1 unspecified atom stereocenters. The molecule has 0 spiro atoms. The normalized spacial score (nSPS) is 20.7. The summed E-state index contributed by atoms with van der Waals surface area (Å²) in [6, 6.07) is 3.80. The summed E-state index contributed by atoms with van der Waals surface area (Å²) in [7, 11) is 2.08. The van der Waals surface area contributed by atoms with Crippen LogP contribution in [0.2, 0.25) is 0 Å². The van der Waals surface area contributed by atoms with Crippen molar-refractivity contribution in [2.24, 2.45) is 5.73 Å². The fraction of sp³-hybridized carbons (Fsp3) is 0.538. The molecule has 2 heterocycles. The Kier molecular flexibility index (Phi) is 4.28. The van der Waals surface area contributed by atoms with Crippen molar-refractivity contribution < 1.29 is 4.79 Å². The number of aromatic nitrogens is 1. The molecule has 5 heteroatoms. The van der Waals surface area contributed by atoms with Crippen LogP contribution in [0.25, 0.3) is 0 Å². The highest BCUT2D eigenvalue weighted by atomic mass is 16.1. The summed E-state index contributed by atoms with van der Waals surface area (Å²) in [5.41, 5.74) is 6.89. The Hall–Kier alpha value is -1.46. The molecule has 1 aromatic rings. The minimum atomic E-state index is -0.0983. The second kappa shape index (κ2) is 5.93. The number of rotatable bonds is 3. The highest BCUT2D eigenvalue weighted by molar-refractivity contribution is 5.92. The summed E-state index contributed by atoms with van der Waals surface area (Å²) in [5.74, 6) is -0.0983. The number of hydrogen-bond donors (Lipinski definition) is 2. The molecule has 1 saturated heterocycles. The number of carbonyl (C=O) groups is 1. The van der Waals surface area contributed by atoms with E-state index in [2.05, 4.69) is 22.2 Å². The van der Waals surface area contributed by atoms with Crippen LogP contribution in [-0.2, 0) is 6.54 Å². The third kappa shape index (κ3) is 3.27. The maximum atomic E-state index is 12.0. The molecule has 1 aromatic heterocycles. The van der Waals surface area contributed by atoms with Crippen LogP contribution in [0.3, 0.4) is 0 Å². The van der Waals surface area contributed by atoms with Gasteiger partial charge in [0, 0.05) is 25.3 Å². The quantitative estimate of drug-likeness (QED) is 0.810. The molecule has 0 saturated carbocycles. The smallest absolute Gasteiger partial charge is 0.270 e. The predicted molar refractivity (Wildman–Crippen MR) is 70.1 cm³/mol. The summed E-state index contributed by atoms with van der Waals surface area (Å²) >= 11 is 0. The lowest BCUT2D eigenvalue weighted by molar-refractivity contribution is 0.0907. The molecule has 5 nitrogen and oxygen atoms in total. The molecule has 1 fully saturated rings. The Bertz CT molecular complexity index is 404. The van der Waals surface area contributed by atoms with Crippen LogP contribution in [0.5, 0.6) is 0 Å². The van der Waals surface area contributed by atoms with Gasteiger partial charge in [-0.1, -0.05) is 6.07 Å². The van der Waals surface area contributed by atoms with Gasteiger partial charge in [0.25, 0.3) is 5.91 Å². The third-order valence-electron chi connectivity index (χ3n) is 3.25. The Morgan fingerprint density at radius 1 is 1.61 bits per heavy atom. The van der Waals surface area contributed by atoms with Crippen molar-refractivity contribution in [2.75, 3.05) is 20.1 Å². The summed E-state index contributed by atoms with van der Waals surface area (Å²) < 4.78 is 0. The molecule has 0 bridgehead atoms.